The molecule has 0 aromatic heterocycles. The van der Waals surface area contributed by atoms with Gasteiger partial charge in [0.05, 0.1) is 7.11 Å². The second-order valence-corrected chi connectivity index (χ2v) is 6.14. The van der Waals surface area contributed by atoms with Gasteiger partial charge in [-0.25, -0.2) is 9.18 Å². The number of rotatable bonds is 8. The van der Waals surface area contributed by atoms with Crippen molar-refractivity contribution >= 4 is 11.9 Å². The van der Waals surface area contributed by atoms with Gasteiger partial charge >= 0.3 is 5.97 Å². The van der Waals surface area contributed by atoms with Gasteiger partial charge < -0.3 is 19.5 Å². The second-order valence-electron chi connectivity index (χ2n) is 6.14. The summed E-state index contributed by atoms with van der Waals surface area (Å²) in [5.41, 5.74) is 0.389. The number of amides is 1. The fraction of sp³-hybridized carbons (Fsp3) is 0.300. The molecule has 2 aromatic carbocycles. The van der Waals surface area contributed by atoms with Crippen molar-refractivity contribution in [3.05, 3.63) is 59.9 Å². The Kier molecular flexibility index (Phi) is 5.90. The molecule has 0 saturated heterocycles. The SMILES string of the molecule is COc1ccccc1OCC(=O)OC(C(=O)NC1CC1)c1ccc(F)cc1. The quantitative estimate of drug-likeness (QED) is 0.721. The number of benzene rings is 2. The summed E-state index contributed by atoms with van der Waals surface area (Å²) in [6, 6.07) is 12.2. The molecule has 1 saturated carbocycles. The number of nitrogens with one attached hydrogen (secondary N) is 1. The van der Waals surface area contributed by atoms with Crippen molar-refractivity contribution < 1.29 is 28.2 Å². The van der Waals surface area contributed by atoms with Gasteiger partial charge in [-0.1, -0.05) is 24.3 Å². The predicted octanol–water partition coefficient (Wildman–Crippen LogP) is 2.78. The zero-order chi connectivity index (χ0) is 19.2. The van der Waals surface area contributed by atoms with E-state index in [1.165, 1.54) is 31.4 Å². The number of para-hydroxylation sites is 2. The molecule has 1 fully saturated rings. The highest BCUT2D eigenvalue weighted by molar-refractivity contribution is 5.85. The molecule has 0 aliphatic heterocycles. The van der Waals surface area contributed by atoms with Crippen LogP contribution in [-0.4, -0.2) is 31.6 Å². The fourth-order valence-corrected chi connectivity index (χ4v) is 2.46. The van der Waals surface area contributed by atoms with E-state index in [-0.39, 0.29) is 6.04 Å². The lowest BCUT2D eigenvalue weighted by Gasteiger charge is -2.18. The Hall–Kier alpha value is -3.09. The van der Waals surface area contributed by atoms with Crippen molar-refractivity contribution in [3.8, 4) is 11.5 Å². The van der Waals surface area contributed by atoms with Crippen molar-refractivity contribution in [2.45, 2.75) is 25.0 Å². The maximum atomic E-state index is 13.2. The highest BCUT2D eigenvalue weighted by Crippen LogP contribution is 2.26. The van der Waals surface area contributed by atoms with E-state index in [0.29, 0.717) is 17.1 Å². The maximum Gasteiger partial charge on any atom is 0.345 e. The normalized spacial score (nSPS) is 14.1. The number of hydrogen-bond acceptors (Lipinski definition) is 5. The van der Waals surface area contributed by atoms with Crippen molar-refractivity contribution in [1.29, 1.82) is 0 Å². The smallest absolute Gasteiger partial charge is 0.345 e. The van der Waals surface area contributed by atoms with Crippen LogP contribution in [0.5, 0.6) is 11.5 Å². The highest BCUT2D eigenvalue weighted by Gasteiger charge is 2.31. The summed E-state index contributed by atoms with van der Waals surface area (Å²) in [7, 11) is 1.49. The van der Waals surface area contributed by atoms with E-state index in [1.54, 1.807) is 24.3 Å². The van der Waals surface area contributed by atoms with Crippen LogP contribution >= 0.6 is 0 Å². The van der Waals surface area contributed by atoms with Gasteiger partial charge in [0, 0.05) is 11.6 Å². The zero-order valence-electron chi connectivity index (χ0n) is 14.8. The third-order valence-electron chi connectivity index (χ3n) is 4.00. The van der Waals surface area contributed by atoms with E-state index in [1.807, 2.05) is 0 Å². The second kappa shape index (κ2) is 8.53. The van der Waals surface area contributed by atoms with Crippen LogP contribution in [0.4, 0.5) is 4.39 Å². The third kappa shape index (κ3) is 5.20. The molecule has 27 heavy (non-hydrogen) atoms. The average molecular weight is 373 g/mol. The van der Waals surface area contributed by atoms with Gasteiger partial charge in [0.1, 0.15) is 5.82 Å². The molecular weight excluding hydrogens is 353 g/mol. The molecule has 1 amide bonds. The van der Waals surface area contributed by atoms with E-state index in [4.69, 9.17) is 14.2 Å². The Morgan fingerprint density at radius 1 is 1.11 bits per heavy atom. The van der Waals surface area contributed by atoms with Gasteiger partial charge in [-0.15, -0.1) is 0 Å². The molecule has 142 valence electrons. The molecule has 1 aliphatic carbocycles. The molecule has 0 spiro atoms. The number of carbonyl (C=O) groups excluding carboxylic acids is 2. The molecule has 1 unspecified atom stereocenters. The van der Waals surface area contributed by atoms with Crippen molar-refractivity contribution in [3.63, 3.8) is 0 Å². The first kappa shape index (κ1) is 18.7. The van der Waals surface area contributed by atoms with Crippen LogP contribution in [0.2, 0.25) is 0 Å². The number of hydrogen-bond donors (Lipinski definition) is 1. The van der Waals surface area contributed by atoms with Crippen LogP contribution in [0.3, 0.4) is 0 Å². The van der Waals surface area contributed by atoms with Crippen LogP contribution < -0.4 is 14.8 Å². The minimum atomic E-state index is -1.17. The largest absolute Gasteiger partial charge is 0.493 e. The van der Waals surface area contributed by atoms with E-state index in [2.05, 4.69) is 5.32 Å². The predicted molar refractivity (Wildman–Crippen MR) is 94.9 cm³/mol. The number of carbonyl (C=O) groups is 2. The van der Waals surface area contributed by atoms with E-state index >= 15 is 0 Å². The van der Waals surface area contributed by atoms with E-state index in [0.717, 1.165) is 12.8 Å². The molecule has 1 N–H and O–H groups in total. The number of ether oxygens (including phenoxy) is 3. The first-order valence-corrected chi connectivity index (χ1v) is 8.58. The lowest BCUT2D eigenvalue weighted by molar-refractivity contribution is -0.158. The highest BCUT2D eigenvalue weighted by atomic mass is 19.1. The van der Waals surface area contributed by atoms with E-state index in [9.17, 15) is 14.0 Å². The van der Waals surface area contributed by atoms with Gasteiger partial charge in [-0.3, -0.25) is 4.79 Å². The monoisotopic (exact) mass is 373 g/mol. The molecule has 2 aromatic rings. The molecular formula is C20H20FNO5. The lowest BCUT2D eigenvalue weighted by atomic mass is 10.1. The summed E-state index contributed by atoms with van der Waals surface area (Å²) in [5.74, 6) is -0.730. The minimum absolute atomic E-state index is 0.101. The molecule has 1 atom stereocenters. The molecule has 6 nitrogen and oxygen atoms in total. The van der Waals surface area contributed by atoms with Crippen molar-refractivity contribution in [2.75, 3.05) is 13.7 Å². The third-order valence-corrected chi connectivity index (χ3v) is 4.00. The molecule has 0 radical (unpaired) electrons. The molecule has 0 bridgehead atoms. The van der Waals surface area contributed by atoms with E-state index < -0.39 is 30.4 Å². The van der Waals surface area contributed by atoms with Crippen LogP contribution in [0.15, 0.2) is 48.5 Å². The summed E-state index contributed by atoms with van der Waals surface area (Å²) in [5, 5.41) is 2.79. The number of halogens is 1. The Bertz CT molecular complexity index is 804. The lowest BCUT2D eigenvalue weighted by Crippen LogP contribution is -2.34. The summed E-state index contributed by atoms with van der Waals surface area (Å²) >= 11 is 0. The average Bonchev–Trinajstić information content (AvgIpc) is 3.49. The standard InChI is InChI=1S/C20H20FNO5/c1-25-16-4-2-3-5-17(16)26-12-18(23)27-19(20(24)22-15-10-11-15)13-6-8-14(21)9-7-13/h2-9,15,19H,10-12H2,1H3,(H,22,24). The number of methoxy groups -OCH3 is 1. The molecule has 3 rings (SSSR count). The molecule has 0 heterocycles. The summed E-state index contributed by atoms with van der Waals surface area (Å²) < 4.78 is 29.1. The first-order chi connectivity index (χ1) is 13.1. The minimum Gasteiger partial charge on any atom is -0.493 e. The van der Waals surface area contributed by atoms with Crippen LogP contribution in [0.25, 0.3) is 0 Å². The van der Waals surface area contributed by atoms with Gasteiger partial charge in [0.15, 0.2) is 18.1 Å². The van der Waals surface area contributed by atoms with Gasteiger partial charge in [0.25, 0.3) is 5.91 Å². The van der Waals surface area contributed by atoms with Gasteiger partial charge in [0.2, 0.25) is 6.10 Å². The van der Waals surface area contributed by atoms with Crippen molar-refractivity contribution in [2.24, 2.45) is 0 Å². The fourth-order valence-electron chi connectivity index (χ4n) is 2.46. The van der Waals surface area contributed by atoms with Gasteiger partial charge in [-0.05, 0) is 37.1 Å². The maximum absolute atomic E-state index is 13.2. The topological polar surface area (TPSA) is 73.9 Å². The Morgan fingerprint density at radius 3 is 2.41 bits per heavy atom. The van der Waals surface area contributed by atoms with Gasteiger partial charge in [-0.2, -0.15) is 0 Å². The zero-order valence-corrected chi connectivity index (χ0v) is 14.8. The Labute approximate surface area is 156 Å². The Morgan fingerprint density at radius 2 is 1.78 bits per heavy atom. The summed E-state index contributed by atoms with van der Waals surface area (Å²) in [4.78, 5) is 24.7. The summed E-state index contributed by atoms with van der Waals surface area (Å²) in [6.45, 7) is -0.394. The van der Waals surface area contributed by atoms with Crippen LogP contribution in [0.1, 0.15) is 24.5 Å². The molecule has 7 heteroatoms. The first-order valence-electron chi connectivity index (χ1n) is 8.58. The Balaban J connectivity index is 1.66. The molecule has 1 aliphatic rings. The van der Waals surface area contributed by atoms with Crippen LogP contribution in [0, 0.1) is 5.82 Å². The number of esters is 1. The van der Waals surface area contributed by atoms with Crippen LogP contribution in [-0.2, 0) is 14.3 Å². The van der Waals surface area contributed by atoms with Crippen molar-refractivity contribution in [1.82, 2.24) is 5.32 Å². The summed E-state index contributed by atoms with van der Waals surface area (Å²) in [6.07, 6.45) is 0.624.